The molecular formula is C10H9N3O. The van der Waals surface area contributed by atoms with Gasteiger partial charge >= 0.3 is 0 Å². The van der Waals surface area contributed by atoms with Crippen molar-refractivity contribution in [3.05, 3.63) is 30.1 Å². The van der Waals surface area contributed by atoms with Gasteiger partial charge in [0.1, 0.15) is 0 Å². The highest BCUT2D eigenvalue weighted by Gasteiger charge is 2.20. The molecule has 0 atom stereocenters. The van der Waals surface area contributed by atoms with Gasteiger partial charge in [-0.25, -0.2) is 4.98 Å². The van der Waals surface area contributed by atoms with E-state index < -0.39 is 0 Å². The highest BCUT2D eigenvalue weighted by atomic mass is 16.2. The number of nitrogens with zero attached hydrogens (tertiary/aromatic N) is 2. The molecule has 0 spiro atoms. The number of nitrogens with one attached hydrogen (secondary N) is 1. The smallest absolute Gasteiger partial charge is 0.287 e. The van der Waals surface area contributed by atoms with Crippen LogP contribution in [0.15, 0.2) is 24.3 Å². The molecule has 4 nitrogen and oxygen atoms in total. The first-order valence-electron chi connectivity index (χ1n) is 4.60. The van der Waals surface area contributed by atoms with E-state index in [2.05, 4.69) is 10.3 Å². The van der Waals surface area contributed by atoms with Crippen molar-refractivity contribution in [1.29, 1.82) is 0 Å². The molecule has 1 aliphatic heterocycles. The third-order valence-electron chi connectivity index (χ3n) is 2.48. The Morgan fingerprint density at radius 3 is 3.14 bits per heavy atom. The second-order valence-electron chi connectivity index (χ2n) is 3.33. The number of rotatable bonds is 0. The minimum absolute atomic E-state index is 0.0764. The van der Waals surface area contributed by atoms with Crippen molar-refractivity contribution in [3.63, 3.8) is 0 Å². The summed E-state index contributed by atoms with van der Waals surface area (Å²) in [6.07, 6.45) is 0. The first-order valence-corrected chi connectivity index (χ1v) is 4.60. The monoisotopic (exact) mass is 187 g/mol. The molecule has 1 amide bonds. The second kappa shape index (κ2) is 2.57. The molecule has 3 rings (SSSR count). The van der Waals surface area contributed by atoms with Gasteiger partial charge < -0.3 is 9.88 Å². The van der Waals surface area contributed by atoms with E-state index >= 15 is 0 Å². The third-order valence-corrected chi connectivity index (χ3v) is 2.48. The Morgan fingerprint density at radius 2 is 2.21 bits per heavy atom. The number of carbonyl (C=O) groups is 1. The maximum absolute atomic E-state index is 11.5. The van der Waals surface area contributed by atoms with E-state index in [1.807, 2.05) is 28.8 Å². The molecule has 0 aliphatic carbocycles. The van der Waals surface area contributed by atoms with E-state index in [-0.39, 0.29) is 5.91 Å². The zero-order valence-corrected chi connectivity index (χ0v) is 7.53. The van der Waals surface area contributed by atoms with Gasteiger partial charge in [0.25, 0.3) is 5.91 Å². The third kappa shape index (κ3) is 0.878. The van der Waals surface area contributed by atoms with Crippen LogP contribution >= 0.6 is 0 Å². The van der Waals surface area contributed by atoms with Crippen LogP contribution in [0, 0.1) is 0 Å². The fourth-order valence-electron chi connectivity index (χ4n) is 1.84. The van der Waals surface area contributed by atoms with Crippen molar-refractivity contribution in [2.75, 3.05) is 6.54 Å². The zero-order chi connectivity index (χ0) is 9.54. The van der Waals surface area contributed by atoms with Crippen LogP contribution in [0.1, 0.15) is 10.6 Å². The van der Waals surface area contributed by atoms with E-state index in [0.29, 0.717) is 12.4 Å². The van der Waals surface area contributed by atoms with Crippen molar-refractivity contribution < 1.29 is 4.79 Å². The molecule has 0 saturated carbocycles. The van der Waals surface area contributed by atoms with Crippen molar-refractivity contribution >= 4 is 16.9 Å². The predicted octanol–water partition coefficient (Wildman–Crippen LogP) is 0.780. The molecule has 2 aromatic rings. The highest BCUT2D eigenvalue weighted by molar-refractivity contribution is 5.95. The summed E-state index contributed by atoms with van der Waals surface area (Å²) in [7, 11) is 0. The Hall–Kier alpha value is -1.84. The Balaban J connectivity index is 2.38. The number of aromatic nitrogens is 2. The summed E-state index contributed by atoms with van der Waals surface area (Å²) in [5.41, 5.74) is 1.93. The maximum Gasteiger partial charge on any atom is 0.287 e. The molecule has 1 aromatic carbocycles. The quantitative estimate of drug-likeness (QED) is 0.662. The minimum atomic E-state index is -0.0764. The first kappa shape index (κ1) is 7.55. The lowest BCUT2D eigenvalue weighted by Gasteiger charge is -2.14. The molecule has 0 radical (unpaired) electrons. The predicted molar refractivity (Wildman–Crippen MR) is 52.1 cm³/mol. The van der Waals surface area contributed by atoms with Crippen LogP contribution in [0.25, 0.3) is 11.0 Å². The van der Waals surface area contributed by atoms with Crippen LogP contribution in [0.4, 0.5) is 0 Å². The minimum Gasteiger partial charge on any atom is -0.348 e. The van der Waals surface area contributed by atoms with Gasteiger partial charge in [-0.15, -0.1) is 0 Å². The van der Waals surface area contributed by atoms with Crippen LogP contribution in [0.3, 0.4) is 0 Å². The summed E-state index contributed by atoms with van der Waals surface area (Å²) in [4.78, 5) is 15.7. The summed E-state index contributed by atoms with van der Waals surface area (Å²) in [6.45, 7) is 1.49. The molecule has 0 bridgehead atoms. The Morgan fingerprint density at radius 1 is 1.36 bits per heavy atom. The molecule has 0 unspecified atom stereocenters. The topological polar surface area (TPSA) is 46.9 Å². The Bertz CT molecular complexity index is 515. The lowest BCUT2D eigenvalue weighted by Crippen LogP contribution is -2.35. The molecule has 0 fully saturated rings. The SMILES string of the molecule is O=C1NCCn2c1nc1ccccc12. The van der Waals surface area contributed by atoms with Gasteiger partial charge in [-0.3, -0.25) is 4.79 Å². The van der Waals surface area contributed by atoms with Crippen molar-refractivity contribution in [3.8, 4) is 0 Å². The number of para-hydroxylation sites is 2. The molecular weight excluding hydrogens is 178 g/mol. The van der Waals surface area contributed by atoms with Gasteiger partial charge in [-0.2, -0.15) is 0 Å². The Labute approximate surface area is 80.6 Å². The normalized spacial score (nSPS) is 15.3. The summed E-state index contributed by atoms with van der Waals surface area (Å²) in [5.74, 6) is 0.449. The molecule has 70 valence electrons. The van der Waals surface area contributed by atoms with Gasteiger partial charge in [0.2, 0.25) is 0 Å². The molecule has 4 heteroatoms. The first-order chi connectivity index (χ1) is 6.86. The van der Waals surface area contributed by atoms with Crippen LogP contribution in [-0.2, 0) is 6.54 Å². The summed E-state index contributed by atoms with van der Waals surface area (Å²) in [6, 6.07) is 7.81. The number of hydrogen-bond donors (Lipinski definition) is 1. The van der Waals surface area contributed by atoms with E-state index in [9.17, 15) is 4.79 Å². The van der Waals surface area contributed by atoms with Crippen molar-refractivity contribution in [1.82, 2.24) is 14.9 Å². The molecule has 1 aromatic heterocycles. The lowest BCUT2D eigenvalue weighted by molar-refractivity contribution is 0.0923. The van der Waals surface area contributed by atoms with E-state index in [0.717, 1.165) is 17.6 Å². The Kier molecular flexibility index (Phi) is 1.39. The van der Waals surface area contributed by atoms with Crippen LogP contribution in [0.5, 0.6) is 0 Å². The van der Waals surface area contributed by atoms with Crippen LogP contribution in [-0.4, -0.2) is 22.0 Å². The number of amides is 1. The van der Waals surface area contributed by atoms with E-state index in [1.165, 1.54) is 0 Å². The van der Waals surface area contributed by atoms with Gasteiger partial charge in [0.05, 0.1) is 11.0 Å². The summed E-state index contributed by atoms with van der Waals surface area (Å²) >= 11 is 0. The average Bonchev–Trinajstić information content (AvgIpc) is 2.59. The maximum atomic E-state index is 11.5. The molecule has 1 N–H and O–H groups in total. The zero-order valence-electron chi connectivity index (χ0n) is 7.53. The highest BCUT2D eigenvalue weighted by Crippen LogP contribution is 2.17. The number of hydrogen-bond acceptors (Lipinski definition) is 2. The summed E-state index contributed by atoms with van der Waals surface area (Å²) < 4.78 is 1.97. The second-order valence-corrected chi connectivity index (χ2v) is 3.33. The van der Waals surface area contributed by atoms with E-state index in [1.54, 1.807) is 0 Å². The summed E-state index contributed by atoms with van der Waals surface area (Å²) in [5, 5.41) is 2.78. The van der Waals surface area contributed by atoms with Gasteiger partial charge in [-0.1, -0.05) is 12.1 Å². The molecule has 2 heterocycles. The number of imidazole rings is 1. The standard InChI is InChI=1S/C10H9N3O/c14-10-9-12-7-3-1-2-4-8(7)13(9)6-5-11-10/h1-4H,5-6H2,(H,11,14). The molecule has 14 heavy (non-hydrogen) atoms. The molecule has 0 saturated heterocycles. The molecule has 1 aliphatic rings. The number of fused-ring (bicyclic) bond motifs is 3. The largest absolute Gasteiger partial charge is 0.348 e. The fraction of sp³-hybridized carbons (Fsp3) is 0.200. The number of benzene rings is 1. The van der Waals surface area contributed by atoms with Gasteiger partial charge in [-0.05, 0) is 12.1 Å². The van der Waals surface area contributed by atoms with Crippen molar-refractivity contribution in [2.45, 2.75) is 6.54 Å². The van der Waals surface area contributed by atoms with Crippen molar-refractivity contribution in [2.24, 2.45) is 0 Å². The lowest BCUT2D eigenvalue weighted by atomic mass is 10.3. The fourth-order valence-corrected chi connectivity index (χ4v) is 1.84. The number of carbonyl (C=O) groups excluding carboxylic acids is 1. The van der Waals surface area contributed by atoms with Crippen LogP contribution in [0.2, 0.25) is 0 Å². The van der Waals surface area contributed by atoms with Crippen LogP contribution < -0.4 is 5.32 Å². The van der Waals surface area contributed by atoms with Gasteiger partial charge in [0.15, 0.2) is 5.82 Å². The average molecular weight is 187 g/mol. The van der Waals surface area contributed by atoms with Gasteiger partial charge in [0, 0.05) is 13.1 Å². The van der Waals surface area contributed by atoms with E-state index in [4.69, 9.17) is 0 Å².